The van der Waals surface area contributed by atoms with Crippen LogP contribution in [0.25, 0.3) is 0 Å². The van der Waals surface area contributed by atoms with Crippen LogP contribution in [0.2, 0.25) is 0 Å². The summed E-state index contributed by atoms with van der Waals surface area (Å²) in [5.41, 5.74) is 8.17. The van der Waals surface area contributed by atoms with E-state index in [4.69, 9.17) is 10.7 Å². The Morgan fingerprint density at radius 2 is 1.71 bits per heavy atom. The maximum Gasteiger partial charge on any atom is 0.320 e. The van der Waals surface area contributed by atoms with Gasteiger partial charge in [0.15, 0.2) is 5.82 Å². The summed E-state index contributed by atoms with van der Waals surface area (Å²) in [6.45, 7) is 4.17. The number of nitrogens with two attached hydrogens (primary N) is 1. The summed E-state index contributed by atoms with van der Waals surface area (Å²) in [6.07, 6.45) is 6.49. The van der Waals surface area contributed by atoms with Gasteiger partial charge in [-0.05, 0) is 56.2 Å². The molecule has 0 unspecified atom stereocenters. The summed E-state index contributed by atoms with van der Waals surface area (Å²) in [4.78, 5) is 35.5. The van der Waals surface area contributed by atoms with Gasteiger partial charge in [-0.15, -0.1) is 0 Å². The van der Waals surface area contributed by atoms with Crippen molar-refractivity contribution in [3.05, 3.63) is 41.5 Å². The van der Waals surface area contributed by atoms with Crippen molar-refractivity contribution in [3.63, 3.8) is 0 Å². The van der Waals surface area contributed by atoms with Gasteiger partial charge in [-0.1, -0.05) is 12.1 Å². The third-order valence-electron chi connectivity index (χ3n) is 8.96. The highest BCUT2D eigenvalue weighted by Gasteiger charge is 2.56. The molecule has 3 aliphatic heterocycles. The van der Waals surface area contributed by atoms with Gasteiger partial charge in [-0.25, -0.2) is 9.78 Å². The van der Waals surface area contributed by atoms with Gasteiger partial charge in [0.1, 0.15) is 11.9 Å². The fraction of sp³-hybridized carbons (Fsp3) is 0.615. The van der Waals surface area contributed by atoms with Gasteiger partial charge in [0.2, 0.25) is 5.91 Å². The van der Waals surface area contributed by atoms with Crippen molar-refractivity contribution in [2.45, 2.75) is 62.3 Å². The number of primary amides is 1. The Hall–Kier alpha value is -3.10. The first-order chi connectivity index (χ1) is 17.0. The topological polar surface area (TPSA) is 111 Å². The fourth-order valence-corrected chi connectivity index (χ4v) is 6.69. The minimum absolute atomic E-state index is 0.183. The van der Waals surface area contributed by atoms with E-state index in [1.807, 2.05) is 9.80 Å². The molecule has 2 aromatic rings. The molecule has 35 heavy (non-hydrogen) atoms. The number of rotatable bonds is 5. The first-order valence-corrected chi connectivity index (χ1v) is 13.1. The van der Waals surface area contributed by atoms with E-state index in [2.05, 4.69) is 39.4 Å². The molecule has 3 amide bonds. The van der Waals surface area contributed by atoms with E-state index in [1.54, 1.807) is 0 Å². The van der Waals surface area contributed by atoms with Crippen molar-refractivity contribution in [1.82, 2.24) is 25.0 Å². The molecule has 3 saturated heterocycles. The molecule has 0 bridgehead atoms. The number of nitrogens with zero attached hydrogens (tertiary/aromatic N) is 5. The van der Waals surface area contributed by atoms with Gasteiger partial charge < -0.3 is 20.4 Å². The summed E-state index contributed by atoms with van der Waals surface area (Å²) in [6, 6.07) is 8.46. The van der Waals surface area contributed by atoms with Crippen molar-refractivity contribution in [2.24, 2.45) is 11.1 Å². The lowest BCUT2D eigenvalue weighted by molar-refractivity contribution is -0.119. The number of amides is 3. The van der Waals surface area contributed by atoms with Gasteiger partial charge in [0.25, 0.3) is 0 Å². The average Bonchev–Trinajstić information content (AvgIpc) is 3.28. The maximum absolute atomic E-state index is 12.9. The minimum Gasteiger partial charge on any atom is -0.368 e. The van der Waals surface area contributed by atoms with Crippen molar-refractivity contribution in [1.29, 1.82) is 0 Å². The lowest BCUT2D eigenvalue weighted by atomic mass is 9.57. The van der Waals surface area contributed by atoms with E-state index in [-0.39, 0.29) is 18.0 Å². The van der Waals surface area contributed by atoms with Crippen LogP contribution in [-0.2, 0) is 4.79 Å². The number of hydrogen-bond donors (Lipinski definition) is 2. The first-order valence-electron chi connectivity index (χ1n) is 13.1. The predicted molar refractivity (Wildman–Crippen MR) is 130 cm³/mol. The van der Waals surface area contributed by atoms with Gasteiger partial charge >= 0.3 is 6.03 Å². The van der Waals surface area contributed by atoms with Crippen molar-refractivity contribution in [3.8, 4) is 0 Å². The average molecular weight is 476 g/mol. The van der Waals surface area contributed by atoms with E-state index in [1.165, 1.54) is 18.4 Å². The minimum atomic E-state index is -0.245. The van der Waals surface area contributed by atoms with Crippen LogP contribution >= 0.6 is 0 Å². The van der Waals surface area contributed by atoms with E-state index >= 15 is 0 Å². The third-order valence-corrected chi connectivity index (χ3v) is 8.96. The molecular formula is C26H33N7O2. The molecule has 5 aliphatic rings. The Morgan fingerprint density at radius 3 is 2.40 bits per heavy atom. The van der Waals surface area contributed by atoms with E-state index in [0.29, 0.717) is 23.2 Å². The van der Waals surface area contributed by atoms with E-state index in [0.717, 1.165) is 75.7 Å². The van der Waals surface area contributed by atoms with Crippen LogP contribution in [0.15, 0.2) is 24.3 Å². The molecule has 1 atom stereocenters. The lowest BCUT2D eigenvalue weighted by Crippen LogP contribution is -2.67. The Labute approximate surface area is 205 Å². The van der Waals surface area contributed by atoms with Crippen LogP contribution in [0.3, 0.4) is 0 Å². The Bertz CT molecular complexity index is 1140. The van der Waals surface area contributed by atoms with Gasteiger partial charge in [-0.3, -0.25) is 9.89 Å². The molecule has 4 heterocycles. The predicted octanol–water partition coefficient (Wildman–Crippen LogP) is 2.54. The van der Waals surface area contributed by atoms with Crippen LogP contribution in [-0.4, -0.2) is 75.7 Å². The SMILES string of the molecule is NC(=O)[C@H]1CCCN1c1ccc(C2CN(C(=O)N3CC4(CC(c5n[nH]c(C6CC6)n5)C4)C3)C2)cc1. The van der Waals surface area contributed by atoms with Gasteiger partial charge in [-0.2, -0.15) is 5.10 Å². The smallest absolute Gasteiger partial charge is 0.320 e. The first kappa shape index (κ1) is 21.2. The number of likely N-dealkylation sites (tertiary alicyclic amines) is 2. The molecule has 2 aliphatic carbocycles. The van der Waals surface area contributed by atoms with Crippen LogP contribution in [0, 0.1) is 5.41 Å². The number of hydrogen-bond acceptors (Lipinski definition) is 5. The Morgan fingerprint density at radius 1 is 0.971 bits per heavy atom. The molecule has 1 aromatic carbocycles. The molecular weight excluding hydrogens is 442 g/mol. The van der Waals surface area contributed by atoms with E-state index in [9.17, 15) is 9.59 Å². The number of carbonyl (C=O) groups excluding carboxylic acids is 2. The number of aromatic nitrogens is 3. The zero-order valence-electron chi connectivity index (χ0n) is 20.0. The van der Waals surface area contributed by atoms with Crippen LogP contribution in [0.1, 0.15) is 73.5 Å². The number of urea groups is 1. The molecule has 1 spiro atoms. The zero-order valence-corrected chi connectivity index (χ0v) is 20.0. The second-order valence-electron chi connectivity index (χ2n) is 11.5. The number of H-pyrrole nitrogens is 1. The van der Waals surface area contributed by atoms with Crippen LogP contribution in [0.4, 0.5) is 10.5 Å². The monoisotopic (exact) mass is 475 g/mol. The molecule has 1 aromatic heterocycles. The molecule has 2 saturated carbocycles. The number of nitrogens with one attached hydrogen (secondary N) is 1. The standard InChI is InChI=1S/C26H33N7O2/c27-22(34)21-2-1-9-33(21)20-7-5-16(6-8-20)19-12-31(13-19)25(35)32-14-26(15-32)10-18(11-26)24-28-23(29-30-24)17-3-4-17/h5-8,17-19,21H,1-4,9-15H2,(H2,27,34)(H,28,29,30)/t21-/m1/s1. The lowest BCUT2D eigenvalue weighted by Gasteiger charge is -2.59. The highest BCUT2D eigenvalue weighted by Crippen LogP contribution is 2.56. The van der Waals surface area contributed by atoms with Crippen LogP contribution in [0.5, 0.6) is 0 Å². The third kappa shape index (κ3) is 3.58. The molecule has 9 heteroatoms. The van der Waals surface area contributed by atoms with Gasteiger partial charge in [0.05, 0.1) is 0 Å². The fourth-order valence-electron chi connectivity index (χ4n) is 6.69. The van der Waals surface area contributed by atoms with Crippen LogP contribution < -0.4 is 10.6 Å². The largest absolute Gasteiger partial charge is 0.368 e. The molecule has 5 fully saturated rings. The molecule has 9 nitrogen and oxygen atoms in total. The highest BCUT2D eigenvalue weighted by atomic mass is 16.2. The zero-order chi connectivity index (χ0) is 23.7. The number of anilines is 1. The molecule has 7 rings (SSSR count). The Kier molecular flexibility index (Phi) is 4.66. The Balaban J connectivity index is 0.883. The van der Waals surface area contributed by atoms with Crippen molar-refractivity contribution >= 4 is 17.6 Å². The molecule has 3 N–H and O–H groups in total. The van der Waals surface area contributed by atoms with Crippen molar-refractivity contribution < 1.29 is 9.59 Å². The second kappa shape index (κ2) is 7.70. The summed E-state index contributed by atoms with van der Waals surface area (Å²) in [5, 5.41) is 7.58. The van der Waals surface area contributed by atoms with E-state index < -0.39 is 0 Å². The second-order valence-corrected chi connectivity index (χ2v) is 11.5. The maximum atomic E-state index is 12.9. The summed E-state index contributed by atoms with van der Waals surface area (Å²) < 4.78 is 0. The molecule has 0 radical (unpaired) electrons. The highest BCUT2D eigenvalue weighted by molar-refractivity contribution is 5.84. The van der Waals surface area contributed by atoms with Crippen molar-refractivity contribution in [2.75, 3.05) is 37.6 Å². The number of aromatic amines is 1. The summed E-state index contributed by atoms with van der Waals surface area (Å²) >= 11 is 0. The normalized spacial score (nSPS) is 25.9. The number of carbonyl (C=O) groups is 2. The molecule has 184 valence electrons. The number of benzene rings is 1. The summed E-state index contributed by atoms with van der Waals surface area (Å²) in [5.74, 6) is 3.25. The summed E-state index contributed by atoms with van der Waals surface area (Å²) in [7, 11) is 0. The quantitative estimate of drug-likeness (QED) is 0.690. The van der Waals surface area contributed by atoms with Gasteiger partial charge in [0, 0.05) is 61.6 Å².